The summed E-state index contributed by atoms with van der Waals surface area (Å²) in [4.78, 5) is 34.7. The molecule has 1 N–H and O–H groups in total. The first kappa shape index (κ1) is 20.1. The lowest BCUT2D eigenvalue weighted by atomic mass is 10.0. The van der Waals surface area contributed by atoms with E-state index in [1.54, 1.807) is 6.92 Å². The summed E-state index contributed by atoms with van der Waals surface area (Å²) in [6.45, 7) is 5.10. The molecule has 1 amide bonds. The van der Waals surface area contributed by atoms with E-state index in [0.717, 1.165) is 35.7 Å². The molecule has 0 bridgehead atoms. The second-order valence-corrected chi connectivity index (χ2v) is 6.04. The van der Waals surface area contributed by atoms with Crippen molar-refractivity contribution in [3.05, 3.63) is 68.8 Å². The number of carbonyl (C=O) groups is 2. The molecule has 27 heavy (non-hydrogen) atoms. The van der Waals surface area contributed by atoms with Gasteiger partial charge in [-0.15, -0.1) is 0 Å². The summed E-state index contributed by atoms with van der Waals surface area (Å²) in [5.74, 6) is -1.24. The quantitative estimate of drug-likeness (QED) is 0.454. The lowest BCUT2D eigenvalue weighted by molar-refractivity contribution is -0.385. The molecule has 0 heterocycles. The Bertz CT molecular complexity index is 854. The van der Waals surface area contributed by atoms with Crippen molar-refractivity contribution in [1.29, 1.82) is 0 Å². The minimum Gasteiger partial charge on any atom is -0.452 e. The zero-order valence-electron chi connectivity index (χ0n) is 15.6. The number of aryl methyl sites for hydroxylation is 3. The number of para-hydroxylation sites is 1. The number of nitro groups is 1. The van der Waals surface area contributed by atoms with Crippen molar-refractivity contribution < 1.29 is 19.2 Å². The smallest absolute Gasteiger partial charge is 0.338 e. The minimum atomic E-state index is -0.784. The molecule has 7 nitrogen and oxygen atoms in total. The first-order valence-corrected chi connectivity index (χ1v) is 8.70. The molecule has 0 saturated carbocycles. The fraction of sp³-hybridized carbons (Fsp3) is 0.300. The largest absolute Gasteiger partial charge is 0.452 e. The summed E-state index contributed by atoms with van der Waals surface area (Å²) in [5.41, 5.74) is 3.06. The van der Waals surface area contributed by atoms with E-state index in [9.17, 15) is 19.7 Å². The van der Waals surface area contributed by atoms with Crippen molar-refractivity contribution in [1.82, 2.24) is 0 Å². The van der Waals surface area contributed by atoms with Crippen LogP contribution in [0.25, 0.3) is 0 Å². The normalized spacial score (nSPS) is 10.3. The van der Waals surface area contributed by atoms with Gasteiger partial charge in [0.15, 0.2) is 6.61 Å². The number of nitro benzene ring substituents is 1. The van der Waals surface area contributed by atoms with Crippen LogP contribution in [0.15, 0.2) is 36.4 Å². The Morgan fingerprint density at radius 2 is 1.74 bits per heavy atom. The van der Waals surface area contributed by atoms with Gasteiger partial charge >= 0.3 is 5.97 Å². The number of amides is 1. The average molecular weight is 370 g/mol. The van der Waals surface area contributed by atoms with Crippen LogP contribution < -0.4 is 5.32 Å². The van der Waals surface area contributed by atoms with Crippen molar-refractivity contribution in [2.75, 3.05) is 11.9 Å². The molecule has 0 radical (unpaired) electrons. The van der Waals surface area contributed by atoms with Gasteiger partial charge in [0.05, 0.1) is 10.5 Å². The number of rotatable bonds is 7. The Kier molecular flexibility index (Phi) is 6.65. The number of hydrogen-bond donors (Lipinski definition) is 1. The average Bonchev–Trinajstić information content (AvgIpc) is 2.66. The zero-order valence-corrected chi connectivity index (χ0v) is 15.6. The van der Waals surface area contributed by atoms with Crippen LogP contribution in [-0.2, 0) is 22.4 Å². The molecule has 0 unspecified atom stereocenters. The monoisotopic (exact) mass is 370 g/mol. The van der Waals surface area contributed by atoms with Gasteiger partial charge in [-0.3, -0.25) is 14.9 Å². The molecular weight excluding hydrogens is 348 g/mol. The van der Waals surface area contributed by atoms with Gasteiger partial charge < -0.3 is 10.1 Å². The standard InChI is InChI=1S/C20H22N2O5/c1-4-14-7-6-8-15(5-2)19(14)21-18(23)12-27-20(24)16-10-9-13(3)17(11-16)22(25)26/h6-11H,4-5,12H2,1-3H3,(H,21,23). The Morgan fingerprint density at radius 1 is 1.11 bits per heavy atom. The highest BCUT2D eigenvalue weighted by Gasteiger charge is 2.17. The van der Waals surface area contributed by atoms with Crippen LogP contribution in [0, 0.1) is 17.0 Å². The number of benzene rings is 2. The maximum Gasteiger partial charge on any atom is 0.338 e. The molecule has 0 aliphatic rings. The molecule has 0 fully saturated rings. The Labute approximate surface area is 157 Å². The maximum atomic E-state index is 12.2. The molecule has 7 heteroatoms. The number of hydrogen-bond acceptors (Lipinski definition) is 5. The van der Waals surface area contributed by atoms with Crippen LogP contribution in [0.3, 0.4) is 0 Å². The highest BCUT2D eigenvalue weighted by atomic mass is 16.6. The number of nitrogens with zero attached hydrogens (tertiary/aromatic N) is 1. The first-order valence-electron chi connectivity index (χ1n) is 8.70. The minimum absolute atomic E-state index is 0.0308. The summed E-state index contributed by atoms with van der Waals surface area (Å²) < 4.78 is 5.01. The van der Waals surface area contributed by atoms with E-state index in [2.05, 4.69) is 5.32 Å². The second-order valence-electron chi connectivity index (χ2n) is 6.04. The van der Waals surface area contributed by atoms with Crippen LogP contribution in [0.1, 0.15) is 40.9 Å². The topological polar surface area (TPSA) is 98.5 Å². The molecule has 0 aliphatic carbocycles. The van der Waals surface area contributed by atoms with Gasteiger partial charge in [0.25, 0.3) is 11.6 Å². The predicted octanol–water partition coefficient (Wildman–Crippen LogP) is 3.82. The molecule has 2 aromatic carbocycles. The highest BCUT2D eigenvalue weighted by molar-refractivity contribution is 5.96. The summed E-state index contributed by atoms with van der Waals surface area (Å²) in [5, 5.41) is 13.8. The Hall–Kier alpha value is -3.22. The summed E-state index contributed by atoms with van der Waals surface area (Å²) in [6, 6.07) is 9.87. The molecule has 0 spiro atoms. The van der Waals surface area contributed by atoms with Gasteiger partial charge in [0.1, 0.15) is 0 Å². The Morgan fingerprint density at radius 3 is 2.30 bits per heavy atom. The molecule has 0 aliphatic heterocycles. The van der Waals surface area contributed by atoms with Gasteiger partial charge in [-0.2, -0.15) is 0 Å². The van der Waals surface area contributed by atoms with Gasteiger partial charge in [-0.1, -0.05) is 38.1 Å². The van der Waals surface area contributed by atoms with E-state index in [1.807, 2.05) is 32.0 Å². The summed E-state index contributed by atoms with van der Waals surface area (Å²) in [7, 11) is 0. The number of nitrogens with one attached hydrogen (secondary N) is 1. The number of carbonyl (C=O) groups excluding carboxylic acids is 2. The first-order chi connectivity index (χ1) is 12.9. The van der Waals surface area contributed by atoms with Gasteiger partial charge in [-0.05, 0) is 37.0 Å². The molecule has 2 rings (SSSR count). The van der Waals surface area contributed by atoms with Crippen molar-refractivity contribution in [2.24, 2.45) is 0 Å². The fourth-order valence-corrected chi connectivity index (χ4v) is 2.73. The third kappa shape index (κ3) is 4.91. The number of anilines is 1. The number of esters is 1. The third-order valence-electron chi connectivity index (χ3n) is 4.24. The van der Waals surface area contributed by atoms with Crippen LogP contribution in [-0.4, -0.2) is 23.4 Å². The van der Waals surface area contributed by atoms with Crippen LogP contribution >= 0.6 is 0 Å². The van der Waals surface area contributed by atoms with E-state index >= 15 is 0 Å². The second kappa shape index (κ2) is 8.93. The molecule has 2 aromatic rings. The summed E-state index contributed by atoms with van der Waals surface area (Å²) >= 11 is 0. The molecular formula is C20H22N2O5. The van der Waals surface area contributed by atoms with Crippen LogP contribution in [0.2, 0.25) is 0 Å². The predicted molar refractivity (Wildman–Crippen MR) is 102 cm³/mol. The highest BCUT2D eigenvalue weighted by Crippen LogP contribution is 2.23. The molecule has 0 saturated heterocycles. The van der Waals surface area contributed by atoms with Crippen molar-refractivity contribution in [3.63, 3.8) is 0 Å². The molecule has 142 valence electrons. The van der Waals surface area contributed by atoms with E-state index in [0.29, 0.717) is 5.56 Å². The van der Waals surface area contributed by atoms with Crippen LogP contribution in [0.4, 0.5) is 11.4 Å². The lowest BCUT2D eigenvalue weighted by Gasteiger charge is -2.14. The summed E-state index contributed by atoms with van der Waals surface area (Å²) in [6.07, 6.45) is 1.52. The van der Waals surface area contributed by atoms with E-state index in [1.165, 1.54) is 12.1 Å². The van der Waals surface area contributed by atoms with Crippen molar-refractivity contribution in [3.8, 4) is 0 Å². The molecule has 0 atom stereocenters. The lowest BCUT2D eigenvalue weighted by Crippen LogP contribution is -2.22. The van der Waals surface area contributed by atoms with Gasteiger partial charge in [0, 0.05) is 17.3 Å². The Balaban J connectivity index is 2.05. The van der Waals surface area contributed by atoms with Crippen molar-refractivity contribution >= 4 is 23.3 Å². The fourth-order valence-electron chi connectivity index (χ4n) is 2.73. The van der Waals surface area contributed by atoms with E-state index < -0.39 is 23.4 Å². The SMILES string of the molecule is CCc1cccc(CC)c1NC(=O)COC(=O)c1ccc(C)c([N+](=O)[O-])c1. The number of ether oxygens (including phenoxy) is 1. The van der Waals surface area contributed by atoms with E-state index in [-0.39, 0.29) is 11.3 Å². The van der Waals surface area contributed by atoms with Crippen LogP contribution in [0.5, 0.6) is 0 Å². The van der Waals surface area contributed by atoms with Gasteiger partial charge in [-0.25, -0.2) is 4.79 Å². The zero-order chi connectivity index (χ0) is 20.0. The third-order valence-corrected chi connectivity index (χ3v) is 4.24. The maximum absolute atomic E-state index is 12.2. The molecule has 0 aromatic heterocycles. The van der Waals surface area contributed by atoms with Crippen molar-refractivity contribution in [2.45, 2.75) is 33.6 Å². The van der Waals surface area contributed by atoms with E-state index in [4.69, 9.17) is 4.74 Å². The van der Waals surface area contributed by atoms with Gasteiger partial charge in [0.2, 0.25) is 0 Å².